The molecule has 1 aliphatic heterocycles. The molecule has 0 aromatic carbocycles. The van der Waals surface area contributed by atoms with Crippen LogP contribution in [0.1, 0.15) is 38.5 Å². The Balaban J connectivity index is 2.77. The van der Waals surface area contributed by atoms with Crippen molar-refractivity contribution in [1.82, 2.24) is 4.90 Å². The van der Waals surface area contributed by atoms with Crippen LogP contribution < -0.4 is 0 Å². The van der Waals surface area contributed by atoms with E-state index in [4.69, 9.17) is 5.11 Å². The van der Waals surface area contributed by atoms with E-state index in [0.29, 0.717) is 12.8 Å². The Labute approximate surface area is 103 Å². The average molecular weight is 267 g/mol. The van der Waals surface area contributed by atoms with Gasteiger partial charge in [-0.15, -0.1) is 0 Å². The molecule has 18 heavy (non-hydrogen) atoms. The van der Waals surface area contributed by atoms with Crippen LogP contribution in [0.2, 0.25) is 0 Å². The van der Waals surface area contributed by atoms with Gasteiger partial charge in [-0.2, -0.15) is 13.2 Å². The second kappa shape index (κ2) is 6.06. The number of amides is 1. The zero-order valence-corrected chi connectivity index (χ0v) is 9.87. The number of hydrogen-bond acceptors (Lipinski definition) is 2. The third-order valence-corrected chi connectivity index (χ3v) is 2.96. The maximum Gasteiger partial charge on any atom is 0.397 e. The van der Waals surface area contributed by atoms with Crippen molar-refractivity contribution >= 4 is 11.9 Å². The Kier molecular flexibility index (Phi) is 4.98. The highest BCUT2D eigenvalue weighted by Gasteiger charge is 2.37. The van der Waals surface area contributed by atoms with Gasteiger partial charge in [-0.05, 0) is 12.8 Å². The molecule has 0 saturated carbocycles. The average Bonchev–Trinajstić information content (AvgIpc) is 2.12. The quantitative estimate of drug-likeness (QED) is 0.834. The molecule has 0 bridgehead atoms. The number of carboxylic acid groups (broad SMARTS) is 1. The Morgan fingerprint density at radius 2 is 1.78 bits per heavy atom. The molecule has 1 heterocycles. The first-order valence-corrected chi connectivity index (χ1v) is 5.90. The molecule has 0 spiro atoms. The number of carbonyl (C=O) groups excluding carboxylic acids is 1. The predicted octanol–water partition coefficient (Wildman–Crippen LogP) is 2.18. The molecular weight excluding hydrogens is 251 g/mol. The maximum atomic E-state index is 12.2. The van der Waals surface area contributed by atoms with Crippen molar-refractivity contribution < 1.29 is 27.9 Å². The summed E-state index contributed by atoms with van der Waals surface area (Å²) in [6.45, 7) is 0.0892. The Hall–Kier alpha value is -1.27. The van der Waals surface area contributed by atoms with Gasteiger partial charge >= 0.3 is 12.1 Å². The first-order valence-electron chi connectivity index (χ1n) is 5.90. The number of hydrogen-bond donors (Lipinski definition) is 1. The van der Waals surface area contributed by atoms with Crippen molar-refractivity contribution in [3.8, 4) is 0 Å². The highest BCUT2D eigenvalue weighted by Crippen LogP contribution is 2.24. The van der Waals surface area contributed by atoms with Crippen molar-refractivity contribution in [2.24, 2.45) is 0 Å². The Bertz CT molecular complexity index is 317. The lowest BCUT2D eigenvalue weighted by molar-refractivity contribution is -0.168. The summed E-state index contributed by atoms with van der Waals surface area (Å²) in [6, 6.07) is -1.12. The van der Waals surface area contributed by atoms with Gasteiger partial charge in [0, 0.05) is 6.54 Å². The van der Waals surface area contributed by atoms with Crippen LogP contribution >= 0.6 is 0 Å². The van der Waals surface area contributed by atoms with Crippen LogP contribution in [0.3, 0.4) is 0 Å². The van der Waals surface area contributed by atoms with E-state index in [0.717, 1.165) is 17.7 Å². The van der Waals surface area contributed by atoms with Gasteiger partial charge in [0.25, 0.3) is 0 Å². The fourth-order valence-electron chi connectivity index (χ4n) is 2.11. The number of likely N-dealkylation sites (tertiary alicyclic amines) is 1. The minimum atomic E-state index is -4.59. The topological polar surface area (TPSA) is 57.6 Å². The van der Waals surface area contributed by atoms with Crippen LogP contribution in [0.15, 0.2) is 0 Å². The molecule has 1 saturated heterocycles. The lowest BCUT2D eigenvalue weighted by atomic mass is 10.0. The lowest BCUT2D eigenvalue weighted by Crippen LogP contribution is -2.47. The predicted molar refractivity (Wildman–Crippen MR) is 56.9 cm³/mol. The minimum Gasteiger partial charge on any atom is -0.480 e. The van der Waals surface area contributed by atoms with Crippen LogP contribution in [0.5, 0.6) is 0 Å². The Morgan fingerprint density at radius 1 is 1.17 bits per heavy atom. The van der Waals surface area contributed by atoms with E-state index in [1.807, 2.05) is 0 Å². The third-order valence-electron chi connectivity index (χ3n) is 2.96. The van der Waals surface area contributed by atoms with Crippen molar-refractivity contribution in [3.63, 3.8) is 0 Å². The van der Waals surface area contributed by atoms with Gasteiger partial charge in [0.1, 0.15) is 12.5 Å². The number of rotatable bonds is 2. The van der Waals surface area contributed by atoms with Gasteiger partial charge in [-0.1, -0.05) is 19.3 Å². The summed E-state index contributed by atoms with van der Waals surface area (Å²) in [5.74, 6) is -2.37. The van der Waals surface area contributed by atoms with Crippen LogP contribution in [0.4, 0.5) is 13.2 Å². The molecule has 1 aliphatic rings. The van der Waals surface area contributed by atoms with Crippen molar-refractivity contribution in [1.29, 1.82) is 0 Å². The summed E-state index contributed by atoms with van der Waals surface area (Å²) < 4.78 is 36.5. The molecule has 0 aliphatic carbocycles. The SMILES string of the molecule is O=C(O)C1CCCCCCN1C(=O)CC(F)(F)F. The molecule has 1 unspecified atom stereocenters. The Morgan fingerprint density at radius 3 is 2.33 bits per heavy atom. The molecular formula is C11H16F3NO3. The maximum absolute atomic E-state index is 12.2. The molecule has 0 radical (unpaired) electrons. The van der Waals surface area contributed by atoms with Gasteiger partial charge in [0.2, 0.25) is 5.91 Å². The number of carbonyl (C=O) groups is 2. The second-order valence-corrected chi connectivity index (χ2v) is 4.44. The smallest absolute Gasteiger partial charge is 0.397 e. The van der Waals surface area contributed by atoms with Gasteiger partial charge in [0.05, 0.1) is 0 Å². The first-order chi connectivity index (χ1) is 8.31. The van der Waals surface area contributed by atoms with Crippen LogP contribution in [-0.2, 0) is 9.59 Å². The second-order valence-electron chi connectivity index (χ2n) is 4.44. The van der Waals surface area contributed by atoms with E-state index in [1.54, 1.807) is 0 Å². The van der Waals surface area contributed by atoms with E-state index >= 15 is 0 Å². The van der Waals surface area contributed by atoms with Crippen molar-refractivity contribution in [2.45, 2.75) is 50.7 Å². The van der Waals surface area contributed by atoms with Crippen LogP contribution in [0, 0.1) is 0 Å². The fraction of sp³-hybridized carbons (Fsp3) is 0.818. The summed E-state index contributed by atoms with van der Waals surface area (Å²) in [5, 5.41) is 9.00. The highest BCUT2D eigenvalue weighted by molar-refractivity contribution is 5.84. The molecule has 1 N–H and O–H groups in total. The number of aliphatic carboxylic acids is 1. The number of halogens is 3. The molecule has 1 rings (SSSR count). The standard InChI is InChI=1S/C11H16F3NO3/c12-11(13,14)7-9(16)15-6-4-2-1-3-5-8(15)10(17)18/h8H,1-7H2,(H,17,18). The molecule has 104 valence electrons. The van der Waals surface area contributed by atoms with Gasteiger partial charge in [-0.3, -0.25) is 4.79 Å². The summed E-state index contributed by atoms with van der Waals surface area (Å²) in [5.41, 5.74) is 0. The van der Waals surface area contributed by atoms with Gasteiger partial charge < -0.3 is 10.0 Å². The molecule has 4 nitrogen and oxygen atoms in total. The summed E-state index contributed by atoms with van der Waals surface area (Å²) in [4.78, 5) is 23.4. The van der Waals surface area contributed by atoms with Crippen LogP contribution in [0.25, 0.3) is 0 Å². The zero-order valence-electron chi connectivity index (χ0n) is 9.87. The molecule has 0 aromatic heterocycles. The van der Waals surface area contributed by atoms with Gasteiger partial charge in [0.15, 0.2) is 0 Å². The normalized spacial score (nSPS) is 22.2. The molecule has 1 atom stereocenters. The molecule has 1 fully saturated rings. The number of carboxylic acids is 1. The minimum absolute atomic E-state index is 0.0892. The van der Waals surface area contributed by atoms with E-state index in [2.05, 4.69) is 0 Å². The summed E-state index contributed by atoms with van der Waals surface area (Å²) in [6.07, 6.45) is -3.13. The van der Waals surface area contributed by atoms with Gasteiger partial charge in [-0.25, -0.2) is 4.79 Å². The molecule has 0 aromatic rings. The van der Waals surface area contributed by atoms with Crippen molar-refractivity contribution in [3.05, 3.63) is 0 Å². The summed E-state index contributed by atoms with van der Waals surface area (Å²) in [7, 11) is 0. The third kappa shape index (κ3) is 4.54. The molecule has 1 amide bonds. The van der Waals surface area contributed by atoms with E-state index in [9.17, 15) is 22.8 Å². The number of nitrogens with zero attached hydrogens (tertiary/aromatic N) is 1. The summed E-state index contributed by atoms with van der Waals surface area (Å²) >= 11 is 0. The number of alkyl halides is 3. The largest absolute Gasteiger partial charge is 0.480 e. The lowest BCUT2D eigenvalue weighted by Gasteiger charge is -2.31. The van der Waals surface area contributed by atoms with E-state index < -0.39 is 30.5 Å². The monoisotopic (exact) mass is 267 g/mol. The highest BCUT2D eigenvalue weighted by atomic mass is 19.4. The van der Waals surface area contributed by atoms with E-state index in [-0.39, 0.29) is 13.0 Å². The molecule has 7 heteroatoms. The first kappa shape index (κ1) is 14.8. The van der Waals surface area contributed by atoms with Crippen LogP contribution in [-0.4, -0.2) is 40.6 Å². The van der Waals surface area contributed by atoms with Crippen molar-refractivity contribution in [2.75, 3.05) is 6.54 Å². The fourth-order valence-corrected chi connectivity index (χ4v) is 2.11. The van der Waals surface area contributed by atoms with E-state index in [1.165, 1.54) is 0 Å². The zero-order chi connectivity index (χ0) is 13.8.